The van der Waals surface area contributed by atoms with Crippen LogP contribution in [0.15, 0.2) is 29.3 Å². The molecule has 0 spiro atoms. The molecular formula is C22H36FN5O2. The van der Waals surface area contributed by atoms with Gasteiger partial charge in [-0.3, -0.25) is 9.69 Å². The second-order valence-electron chi connectivity index (χ2n) is 7.81. The van der Waals surface area contributed by atoms with Crippen molar-refractivity contribution in [2.24, 2.45) is 4.99 Å². The average molecular weight is 422 g/mol. The van der Waals surface area contributed by atoms with Crippen molar-refractivity contribution in [3.8, 4) is 5.75 Å². The summed E-state index contributed by atoms with van der Waals surface area (Å²) in [5.41, 5.74) is 0. The molecule has 1 saturated heterocycles. The number of halogens is 1. The molecule has 7 nitrogen and oxygen atoms in total. The van der Waals surface area contributed by atoms with Crippen LogP contribution in [0.5, 0.6) is 5.75 Å². The van der Waals surface area contributed by atoms with Gasteiger partial charge in [-0.2, -0.15) is 0 Å². The van der Waals surface area contributed by atoms with E-state index >= 15 is 0 Å². The maximum absolute atomic E-state index is 13.3. The summed E-state index contributed by atoms with van der Waals surface area (Å²) in [5.74, 6) is 1.12. The van der Waals surface area contributed by atoms with Gasteiger partial charge in [-0.25, -0.2) is 9.38 Å². The first kappa shape index (κ1) is 23.9. The molecule has 1 aromatic carbocycles. The molecule has 1 aromatic rings. The summed E-state index contributed by atoms with van der Waals surface area (Å²) >= 11 is 0. The Kier molecular flexibility index (Phi) is 9.86. The highest BCUT2D eigenvalue weighted by Gasteiger charge is 2.30. The van der Waals surface area contributed by atoms with E-state index in [1.165, 1.54) is 12.1 Å². The van der Waals surface area contributed by atoms with Gasteiger partial charge in [-0.1, -0.05) is 6.07 Å². The molecular weight excluding hydrogens is 385 g/mol. The zero-order chi connectivity index (χ0) is 21.9. The van der Waals surface area contributed by atoms with Gasteiger partial charge in [0, 0.05) is 39.8 Å². The van der Waals surface area contributed by atoms with Crippen LogP contribution in [0.2, 0.25) is 0 Å². The summed E-state index contributed by atoms with van der Waals surface area (Å²) in [7, 11) is 3.64. The molecule has 0 bridgehead atoms. The van der Waals surface area contributed by atoms with E-state index in [1.54, 1.807) is 17.0 Å². The molecule has 30 heavy (non-hydrogen) atoms. The molecule has 0 aliphatic carbocycles. The van der Waals surface area contributed by atoms with Crippen molar-refractivity contribution < 1.29 is 13.9 Å². The number of nitrogens with one attached hydrogen (secondary N) is 2. The molecule has 0 aromatic heterocycles. The van der Waals surface area contributed by atoms with Gasteiger partial charge in [0.1, 0.15) is 17.7 Å². The van der Waals surface area contributed by atoms with Crippen molar-refractivity contribution >= 4 is 11.9 Å². The minimum absolute atomic E-state index is 0.0164. The second kappa shape index (κ2) is 12.4. The molecule has 0 saturated carbocycles. The lowest BCUT2D eigenvalue weighted by atomic mass is 10.2. The van der Waals surface area contributed by atoms with Crippen LogP contribution in [0.4, 0.5) is 4.39 Å². The lowest BCUT2D eigenvalue weighted by molar-refractivity contribution is -0.133. The third-order valence-corrected chi connectivity index (χ3v) is 4.99. The number of rotatable bonds is 10. The number of hydrogen-bond acceptors (Lipinski definition) is 4. The minimum atomic E-state index is -0.314. The lowest BCUT2D eigenvalue weighted by Crippen LogP contribution is -2.44. The van der Waals surface area contributed by atoms with Crippen molar-refractivity contribution in [2.45, 2.75) is 45.3 Å². The maximum atomic E-state index is 13.3. The zero-order valence-electron chi connectivity index (χ0n) is 18.7. The third kappa shape index (κ3) is 7.82. The monoisotopic (exact) mass is 421 g/mol. The first-order valence-electron chi connectivity index (χ1n) is 10.8. The first-order chi connectivity index (χ1) is 14.4. The summed E-state index contributed by atoms with van der Waals surface area (Å²) in [4.78, 5) is 20.8. The standard InChI is InChI=1S/C22H36FN5O2/c1-5-24-22(26-16-17(2)30-19-10-6-9-18(23)15-19)25-12-8-14-28-13-7-11-20(28)21(29)27(3)4/h6,9-10,15,17,20H,5,7-8,11-14,16H2,1-4H3,(H2,24,25,26). The van der Waals surface area contributed by atoms with Gasteiger partial charge in [-0.15, -0.1) is 0 Å². The number of carbonyl (C=O) groups is 1. The van der Waals surface area contributed by atoms with Crippen molar-refractivity contribution in [2.75, 3.05) is 46.8 Å². The maximum Gasteiger partial charge on any atom is 0.239 e. The number of carbonyl (C=O) groups excluding carboxylic acids is 1. The van der Waals surface area contributed by atoms with Crippen molar-refractivity contribution in [3.63, 3.8) is 0 Å². The molecule has 168 valence electrons. The van der Waals surface area contributed by atoms with Crippen LogP contribution in [-0.4, -0.2) is 80.6 Å². The van der Waals surface area contributed by atoms with E-state index in [-0.39, 0.29) is 23.9 Å². The highest BCUT2D eigenvalue weighted by molar-refractivity contribution is 5.81. The van der Waals surface area contributed by atoms with Gasteiger partial charge in [-0.05, 0) is 51.8 Å². The fourth-order valence-electron chi connectivity index (χ4n) is 3.53. The summed E-state index contributed by atoms with van der Waals surface area (Å²) < 4.78 is 19.0. The highest BCUT2D eigenvalue weighted by Crippen LogP contribution is 2.18. The van der Waals surface area contributed by atoms with E-state index in [9.17, 15) is 9.18 Å². The predicted molar refractivity (Wildman–Crippen MR) is 118 cm³/mol. The van der Waals surface area contributed by atoms with Gasteiger partial charge in [0.15, 0.2) is 5.96 Å². The Balaban J connectivity index is 1.76. The molecule has 1 aliphatic rings. The lowest BCUT2D eigenvalue weighted by Gasteiger charge is -2.26. The molecule has 1 heterocycles. The second-order valence-corrected chi connectivity index (χ2v) is 7.81. The molecule has 0 radical (unpaired) electrons. The van der Waals surface area contributed by atoms with Crippen LogP contribution in [-0.2, 0) is 4.79 Å². The van der Waals surface area contributed by atoms with Crippen LogP contribution in [0.1, 0.15) is 33.1 Å². The summed E-state index contributed by atoms with van der Waals surface area (Å²) in [6.45, 7) is 7.78. The largest absolute Gasteiger partial charge is 0.489 e. The van der Waals surface area contributed by atoms with E-state index < -0.39 is 0 Å². The SMILES string of the molecule is CCNC(=NCC(C)Oc1cccc(F)c1)NCCCN1CCCC1C(=O)N(C)C. The van der Waals surface area contributed by atoms with Crippen LogP contribution >= 0.6 is 0 Å². The number of ether oxygens (including phenoxy) is 1. The van der Waals surface area contributed by atoms with Gasteiger partial charge in [0.05, 0.1) is 12.6 Å². The minimum Gasteiger partial charge on any atom is -0.489 e. The van der Waals surface area contributed by atoms with Gasteiger partial charge in [0.25, 0.3) is 0 Å². The van der Waals surface area contributed by atoms with Crippen LogP contribution in [0.25, 0.3) is 0 Å². The fourth-order valence-corrected chi connectivity index (χ4v) is 3.53. The molecule has 2 rings (SSSR count). The number of amides is 1. The summed E-state index contributed by atoms with van der Waals surface area (Å²) in [5, 5.41) is 6.57. The van der Waals surface area contributed by atoms with Crippen molar-refractivity contribution in [3.05, 3.63) is 30.1 Å². The summed E-state index contributed by atoms with van der Waals surface area (Å²) in [6, 6.07) is 6.14. The van der Waals surface area contributed by atoms with E-state index in [0.717, 1.165) is 51.4 Å². The van der Waals surface area contributed by atoms with E-state index in [0.29, 0.717) is 12.3 Å². The van der Waals surface area contributed by atoms with Crippen LogP contribution in [0, 0.1) is 5.82 Å². The number of guanidine groups is 1. The quantitative estimate of drug-likeness (QED) is 0.344. The Labute approximate surface area is 179 Å². The normalized spacial score (nSPS) is 18.2. The van der Waals surface area contributed by atoms with Gasteiger partial charge >= 0.3 is 0 Å². The number of hydrogen-bond donors (Lipinski definition) is 2. The molecule has 1 amide bonds. The first-order valence-corrected chi connectivity index (χ1v) is 10.8. The van der Waals surface area contributed by atoms with Gasteiger partial charge < -0.3 is 20.3 Å². The fraction of sp³-hybridized carbons (Fsp3) is 0.636. The van der Waals surface area contributed by atoms with Gasteiger partial charge in [0.2, 0.25) is 5.91 Å². The molecule has 1 aliphatic heterocycles. The van der Waals surface area contributed by atoms with Crippen LogP contribution < -0.4 is 15.4 Å². The molecule has 2 N–H and O–H groups in total. The van der Waals surface area contributed by atoms with E-state index in [4.69, 9.17) is 4.74 Å². The number of nitrogens with zero attached hydrogens (tertiary/aromatic N) is 3. The number of likely N-dealkylation sites (N-methyl/N-ethyl adjacent to an activating group) is 1. The molecule has 1 fully saturated rings. The predicted octanol–water partition coefficient (Wildman–Crippen LogP) is 2.09. The number of aliphatic imine (C=N–C) groups is 1. The smallest absolute Gasteiger partial charge is 0.239 e. The van der Waals surface area contributed by atoms with E-state index in [2.05, 4.69) is 20.5 Å². The molecule has 2 atom stereocenters. The zero-order valence-corrected chi connectivity index (χ0v) is 18.7. The Bertz CT molecular complexity index is 698. The number of likely N-dealkylation sites (tertiary alicyclic amines) is 1. The number of benzene rings is 1. The van der Waals surface area contributed by atoms with Crippen molar-refractivity contribution in [1.82, 2.24) is 20.4 Å². The summed E-state index contributed by atoms with van der Waals surface area (Å²) in [6.07, 6.45) is 2.77. The Hall–Kier alpha value is -2.35. The Morgan fingerprint density at radius 2 is 2.20 bits per heavy atom. The van der Waals surface area contributed by atoms with Crippen LogP contribution in [0.3, 0.4) is 0 Å². The highest BCUT2D eigenvalue weighted by atomic mass is 19.1. The third-order valence-electron chi connectivity index (χ3n) is 4.99. The molecule has 2 unspecified atom stereocenters. The van der Waals surface area contributed by atoms with Crippen molar-refractivity contribution in [1.29, 1.82) is 0 Å². The topological polar surface area (TPSA) is 69.2 Å². The Morgan fingerprint density at radius 1 is 1.40 bits per heavy atom. The Morgan fingerprint density at radius 3 is 2.90 bits per heavy atom. The average Bonchev–Trinajstić information content (AvgIpc) is 3.17. The molecule has 8 heteroatoms. The van der Waals surface area contributed by atoms with E-state index in [1.807, 2.05) is 27.9 Å².